The van der Waals surface area contributed by atoms with E-state index in [0.29, 0.717) is 12.2 Å². The van der Waals surface area contributed by atoms with Crippen LogP contribution in [0, 0.1) is 15.9 Å². The first kappa shape index (κ1) is 13.1. The highest BCUT2D eigenvalue weighted by Gasteiger charge is 2.29. The molecule has 4 nitrogen and oxygen atoms in total. The van der Waals surface area contributed by atoms with Gasteiger partial charge in [-0.1, -0.05) is 0 Å². The Balaban J connectivity index is 2.07. The zero-order valence-corrected chi connectivity index (χ0v) is 10.9. The fraction of sp³-hybridized carbons (Fsp3) is 0.500. The maximum absolute atomic E-state index is 13.2. The normalized spacial score (nSPS) is 23.0. The number of nitrogens with one attached hydrogen (secondary N) is 1. The monoisotopic (exact) mass is 270 g/mol. The number of thioether (sulfide) groups is 1. The zero-order chi connectivity index (χ0) is 13.2. The Morgan fingerprint density at radius 1 is 1.56 bits per heavy atom. The molecule has 0 amide bonds. The Hall–Kier alpha value is -1.30. The molecule has 1 unspecified atom stereocenters. The number of nitro benzene ring substituents is 1. The van der Waals surface area contributed by atoms with Crippen LogP contribution in [-0.2, 0) is 0 Å². The lowest BCUT2D eigenvalue weighted by Gasteiger charge is -2.23. The number of non-ortho nitro benzene ring substituents is 1. The maximum Gasteiger partial charge on any atom is 0.274 e. The van der Waals surface area contributed by atoms with Gasteiger partial charge in [0.05, 0.1) is 11.0 Å². The fourth-order valence-electron chi connectivity index (χ4n) is 2.05. The average Bonchev–Trinajstić information content (AvgIpc) is 2.73. The van der Waals surface area contributed by atoms with Gasteiger partial charge in [0.15, 0.2) is 0 Å². The predicted octanol–water partition coefficient (Wildman–Crippen LogP) is 3.43. The number of rotatable bonds is 4. The molecule has 1 aromatic rings. The third-order valence-corrected chi connectivity index (χ3v) is 4.60. The number of benzene rings is 1. The van der Waals surface area contributed by atoms with Crippen LogP contribution in [0.2, 0.25) is 0 Å². The van der Waals surface area contributed by atoms with E-state index in [4.69, 9.17) is 0 Å². The van der Waals surface area contributed by atoms with Gasteiger partial charge >= 0.3 is 0 Å². The smallest absolute Gasteiger partial charge is 0.274 e. The quantitative estimate of drug-likeness (QED) is 0.672. The number of anilines is 1. The molecule has 1 aromatic carbocycles. The van der Waals surface area contributed by atoms with E-state index < -0.39 is 10.7 Å². The Morgan fingerprint density at radius 2 is 2.33 bits per heavy atom. The number of halogens is 1. The molecule has 1 aliphatic rings. The molecule has 0 radical (unpaired) electrons. The summed E-state index contributed by atoms with van der Waals surface area (Å²) in [6.45, 7) is 2.85. The number of hydrogen-bond acceptors (Lipinski definition) is 4. The highest BCUT2D eigenvalue weighted by molar-refractivity contribution is 8.00. The van der Waals surface area contributed by atoms with Gasteiger partial charge in [-0.05, 0) is 31.6 Å². The average molecular weight is 270 g/mol. The summed E-state index contributed by atoms with van der Waals surface area (Å²) in [7, 11) is 0. The molecular weight excluding hydrogens is 255 g/mol. The van der Waals surface area contributed by atoms with Crippen LogP contribution in [0.25, 0.3) is 0 Å². The summed E-state index contributed by atoms with van der Waals surface area (Å²) in [5, 5.41) is 13.7. The Morgan fingerprint density at radius 3 is 2.94 bits per heavy atom. The molecule has 0 aromatic heterocycles. The molecule has 1 saturated heterocycles. The van der Waals surface area contributed by atoms with Crippen molar-refractivity contribution in [1.82, 2.24) is 0 Å². The summed E-state index contributed by atoms with van der Waals surface area (Å²) >= 11 is 1.89. The molecule has 0 bridgehead atoms. The van der Waals surface area contributed by atoms with Crippen LogP contribution in [0.4, 0.5) is 15.8 Å². The SMILES string of the molecule is CC1(CNc2cc(F)cc([N+](=O)[O-])c2)CCCS1. The van der Waals surface area contributed by atoms with Crippen LogP contribution in [0.1, 0.15) is 19.8 Å². The summed E-state index contributed by atoms with van der Waals surface area (Å²) < 4.78 is 13.4. The van der Waals surface area contributed by atoms with Crippen molar-refractivity contribution in [3.63, 3.8) is 0 Å². The zero-order valence-electron chi connectivity index (χ0n) is 10.1. The van der Waals surface area contributed by atoms with E-state index in [1.807, 2.05) is 11.8 Å². The van der Waals surface area contributed by atoms with Gasteiger partial charge in [0.2, 0.25) is 0 Å². The van der Waals surface area contributed by atoms with Crippen LogP contribution in [0.15, 0.2) is 18.2 Å². The van der Waals surface area contributed by atoms with E-state index in [-0.39, 0.29) is 10.4 Å². The summed E-state index contributed by atoms with van der Waals surface area (Å²) in [6.07, 6.45) is 2.30. The summed E-state index contributed by atoms with van der Waals surface area (Å²) in [5.74, 6) is 0.553. The molecule has 0 saturated carbocycles. The van der Waals surface area contributed by atoms with Crippen LogP contribution < -0.4 is 5.32 Å². The Labute approximate surface area is 109 Å². The van der Waals surface area contributed by atoms with Crippen molar-refractivity contribution in [3.05, 3.63) is 34.1 Å². The maximum atomic E-state index is 13.2. The van der Waals surface area contributed by atoms with Gasteiger partial charge in [-0.2, -0.15) is 11.8 Å². The van der Waals surface area contributed by atoms with Gasteiger partial charge in [-0.15, -0.1) is 0 Å². The van der Waals surface area contributed by atoms with E-state index >= 15 is 0 Å². The molecular formula is C12H15FN2O2S. The van der Waals surface area contributed by atoms with Gasteiger partial charge in [-0.25, -0.2) is 4.39 Å². The molecule has 1 heterocycles. The van der Waals surface area contributed by atoms with Crippen molar-refractivity contribution >= 4 is 23.1 Å². The molecule has 1 N–H and O–H groups in total. The third-order valence-electron chi connectivity index (χ3n) is 3.06. The first-order valence-corrected chi connectivity index (χ1v) is 6.80. The number of hydrogen-bond donors (Lipinski definition) is 1. The molecule has 1 aliphatic heterocycles. The second-order valence-corrected chi connectivity index (χ2v) is 6.39. The highest BCUT2D eigenvalue weighted by Crippen LogP contribution is 2.37. The molecule has 1 atom stereocenters. The minimum absolute atomic E-state index is 0.140. The topological polar surface area (TPSA) is 55.2 Å². The van der Waals surface area contributed by atoms with E-state index in [1.54, 1.807) is 0 Å². The van der Waals surface area contributed by atoms with Crippen LogP contribution in [0.3, 0.4) is 0 Å². The van der Waals surface area contributed by atoms with E-state index in [1.165, 1.54) is 18.6 Å². The van der Waals surface area contributed by atoms with Crippen molar-refractivity contribution in [2.24, 2.45) is 0 Å². The molecule has 18 heavy (non-hydrogen) atoms. The van der Waals surface area contributed by atoms with Crippen molar-refractivity contribution in [3.8, 4) is 0 Å². The first-order valence-electron chi connectivity index (χ1n) is 5.81. The molecule has 2 rings (SSSR count). The van der Waals surface area contributed by atoms with Crippen molar-refractivity contribution in [2.75, 3.05) is 17.6 Å². The largest absolute Gasteiger partial charge is 0.383 e. The fourth-order valence-corrected chi connectivity index (χ4v) is 3.29. The predicted molar refractivity (Wildman–Crippen MR) is 71.6 cm³/mol. The molecule has 6 heteroatoms. The van der Waals surface area contributed by atoms with Gasteiger partial charge < -0.3 is 5.32 Å². The molecule has 98 valence electrons. The van der Waals surface area contributed by atoms with Crippen LogP contribution in [0.5, 0.6) is 0 Å². The van der Waals surface area contributed by atoms with Crippen molar-refractivity contribution in [1.29, 1.82) is 0 Å². The summed E-state index contributed by atoms with van der Waals surface area (Å²) in [6, 6.07) is 3.58. The van der Waals surface area contributed by atoms with E-state index in [0.717, 1.165) is 18.2 Å². The summed E-state index contributed by atoms with van der Waals surface area (Å²) in [5.41, 5.74) is 0.247. The minimum atomic E-state index is -0.587. The molecule has 1 fully saturated rings. The standard InChI is InChI=1S/C12H15FN2O2S/c1-12(3-2-4-18-12)8-14-10-5-9(13)6-11(7-10)15(16)17/h5-7,14H,2-4,8H2,1H3. The van der Waals surface area contributed by atoms with Crippen molar-refractivity contribution in [2.45, 2.75) is 24.5 Å². The van der Waals surface area contributed by atoms with Crippen LogP contribution >= 0.6 is 11.8 Å². The Bertz CT molecular complexity index is 461. The summed E-state index contributed by atoms with van der Waals surface area (Å²) in [4.78, 5) is 10.1. The highest BCUT2D eigenvalue weighted by atomic mass is 32.2. The van der Waals surface area contributed by atoms with Crippen LogP contribution in [-0.4, -0.2) is 22.0 Å². The lowest BCUT2D eigenvalue weighted by molar-refractivity contribution is -0.385. The van der Waals surface area contributed by atoms with E-state index in [2.05, 4.69) is 12.2 Å². The van der Waals surface area contributed by atoms with Gasteiger partial charge in [0, 0.05) is 23.0 Å². The van der Waals surface area contributed by atoms with Gasteiger partial charge in [-0.3, -0.25) is 10.1 Å². The molecule has 0 spiro atoms. The van der Waals surface area contributed by atoms with Gasteiger partial charge in [0.25, 0.3) is 5.69 Å². The lowest BCUT2D eigenvalue weighted by Crippen LogP contribution is -2.27. The van der Waals surface area contributed by atoms with E-state index in [9.17, 15) is 14.5 Å². The lowest BCUT2D eigenvalue weighted by atomic mass is 10.1. The minimum Gasteiger partial charge on any atom is -0.383 e. The van der Waals surface area contributed by atoms with Gasteiger partial charge in [0.1, 0.15) is 5.82 Å². The van der Waals surface area contributed by atoms with Crippen molar-refractivity contribution < 1.29 is 9.31 Å². The first-order chi connectivity index (χ1) is 8.48. The number of nitro groups is 1. The Kier molecular flexibility index (Phi) is 3.75. The second kappa shape index (κ2) is 5.14. The third kappa shape index (κ3) is 3.13. The second-order valence-electron chi connectivity index (χ2n) is 4.71. The number of nitrogens with zero attached hydrogens (tertiary/aromatic N) is 1. The molecule has 0 aliphatic carbocycles.